The summed E-state index contributed by atoms with van der Waals surface area (Å²) in [6.45, 7) is 3.48. The lowest BCUT2D eigenvalue weighted by Gasteiger charge is -2.02. The van der Waals surface area contributed by atoms with E-state index in [1.54, 1.807) is 29.8 Å². The molecule has 0 bridgehead atoms. The molecule has 16 heavy (non-hydrogen) atoms. The molecular formula is C11H14N2OS2. The fraction of sp³-hybridized carbons (Fsp3) is 0.364. The quantitative estimate of drug-likeness (QED) is 0.889. The average Bonchev–Trinajstić information content (AvgIpc) is 2.86. The van der Waals surface area contributed by atoms with Gasteiger partial charge in [-0.1, -0.05) is 0 Å². The molecule has 0 aromatic carbocycles. The van der Waals surface area contributed by atoms with Crippen LogP contribution in [0.25, 0.3) is 0 Å². The van der Waals surface area contributed by atoms with Gasteiger partial charge in [-0.3, -0.25) is 0 Å². The lowest BCUT2D eigenvalue weighted by molar-refractivity contribution is 0.184. The fourth-order valence-corrected chi connectivity index (χ4v) is 2.92. The molecule has 0 atom stereocenters. The topological polar surface area (TPSA) is 34.1 Å². The Morgan fingerprint density at radius 3 is 2.94 bits per heavy atom. The minimum absolute atomic E-state index is 0.599. The van der Waals surface area contributed by atoms with E-state index in [-0.39, 0.29) is 0 Å². The largest absolute Gasteiger partial charge is 0.378 e. The molecule has 0 saturated heterocycles. The van der Waals surface area contributed by atoms with E-state index in [2.05, 4.69) is 33.4 Å². The van der Waals surface area contributed by atoms with E-state index in [9.17, 15) is 0 Å². The Balaban J connectivity index is 1.92. The van der Waals surface area contributed by atoms with Crippen LogP contribution in [0.5, 0.6) is 0 Å². The number of nitrogens with zero attached hydrogens (tertiary/aromatic N) is 1. The number of hydrogen-bond acceptors (Lipinski definition) is 5. The van der Waals surface area contributed by atoms with Gasteiger partial charge >= 0.3 is 0 Å². The van der Waals surface area contributed by atoms with Crippen LogP contribution in [0, 0.1) is 6.92 Å². The van der Waals surface area contributed by atoms with Crippen molar-refractivity contribution in [1.82, 2.24) is 4.98 Å². The maximum atomic E-state index is 5.04. The third kappa shape index (κ3) is 2.81. The van der Waals surface area contributed by atoms with Gasteiger partial charge in [0.05, 0.1) is 18.8 Å². The highest BCUT2D eigenvalue weighted by Crippen LogP contribution is 2.20. The number of aromatic nitrogens is 1. The fourth-order valence-electron chi connectivity index (χ4n) is 1.35. The van der Waals surface area contributed by atoms with E-state index < -0.39 is 0 Å². The van der Waals surface area contributed by atoms with E-state index in [1.807, 2.05) is 0 Å². The van der Waals surface area contributed by atoms with E-state index >= 15 is 0 Å². The first-order chi connectivity index (χ1) is 7.79. The molecule has 0 aliphatic rings. The second-order valence-corrected chi connectivity index (χ2v) is 5.17. The van der Waals surface area contributed by atoms with E-state index in [4.69, 9.17) is 4.74 Å². The molecule has 5 heteroatoms. The summed E-state index contributed by atoms with van der Waals surface area (Å²) in [7, 11) is 1.69. The van der Waals surface area contributed by atoms with E-state index in [0.717, 1.165) is 17.2 Å². The number of hydrogen-bond donors (Lipinski definition) is 1. The molecule has 2 rings (SSSR count). The molecule has 0 unspecified atom stereocenters. The van der Waals surface area contributed by atoms with Crippen molar-refractivity contribution in [3.05, 3.63) is 32.4 Å². The number of ether oxygens (including phenoxy) is 1. The standard InChI is InChI=1S/C11H14N2OS2/c1-8-5-15-7-10(8)12-3-9-6-16-11(13-9)4-14-2/h5-7,12H,3-4H2,1-2H3. The van der Waals surface area contributed by atoms with Crippen molar-refractivity contribution in [1.29, 1.82) is 0 Å². The second kappa shape index (κ2) is 5.43. The van der Waals surface area contributed by atoms with Gasteiger partial charge < -0.3 is 10.1 Å². The lowest BCUT2D eigenvalue weighted by Crippen LogP contribution is -2.00. The average molecular weight is 254 g/mol. The summed E-state index contributed by atoms with van der Waals surface area (Å²) < 4.78 is 5.04. The maximum absolute atomic E-state index is 5.04. The minimum atomic E-state index is 0.599. The van der Waals surface area contributed by atoms with Gasteiger partial charge in [-0.15, -0.1) is 22.7 Å². The van der Waals surface area contributed by atoms with Crippen LogP contribution < -0.4 is 5.32 Å². The Hall–Kier alpha value is -0.910. The van der Waals surface area contributed by atoms with Crippen LogP contribution in [-0.2, 0) is 17.9 Å². The predicted octanol–water partition coefficient (Wildman–Crippen LogP) is 3.27. The number of thiazole rings is 1. The minimum Gasteiger partial charge on any atom is -0.378 e. The Morgan fingerprint density at radius 2 is 2.25 bits per heavy atom. The molecule has 0 spiro atoms. The molecule has 2 aromatic rings. The maximum Gasteiger partial charge on any atom is 0.119 e. The van der Waals surface area contributed by atoms with Crippen molar-refractivity contribution in [2.45, 2.75) is 20.1 Å². The first-order valence-electron chi connectivity index (χ1n) is 4.98. The normalized spacial score (nSPS) is 10.6. The monoisotopic (exact) mass is 254 g/mol. The van der Waals surface area contributed by atoms with Gasteiger partial charge in [-0.25, -0.2) is 4.98 Å². The van der Waals surface area contributed by atoms with Gasteiger partial charge in [-0.2, -0.15) is 0 Å². The van der Waals surface area contributed by atoms with Crippen LogP contribution in [0.15, 0.2) is 16.1 Å². The molecule has 2 aromatic heterocycles. The van der Waals surface area contributed by atoms with Crippen molar-refractivity contribution >= 4 is 28.4 Å². The highest BCUT2D eigenvalue weighted by Gasteiger charge is 2.03. The van der Waals surface area contributed by atoms with Crippen LogP contribution in [0.4, 0.5) is 5.69 Å². The Labute approximate surface area is 103 Å². The van der Waals surface area contributed by atoms with Gasteiger partial charge in [0.2, 0.25) is 0 Å². The Bertz CT molecular complexity index is 450. The number of anilines is 1. The number of methoxy groups -OCH3 is 1. The molecule has 0 amide bonds. The summed E-state index contributed by atoms with van der Waals surface area (Å²) in [4.78, 5) is 4.46. The summed E-state index contributed by atoms with van der Waals surface area (Å²) in [6, 6.07) is 0. The Morgan fingerprint density at radius 1 is 1.38 bits per heavy atom. The third-order valence-electron chi connectivity index (χ3n) is 2.18. The summed E-state index contributed by atoms with van der Waals surface area (Å²) in [5, 5.41) is 10.7. The molecule has 0 saturated carbocycles. The molecule has 0 radical (unpaired) electrons. The molecule has 3 nitrogen and oxygen atoms in total. The summed E-state index contributed by atoms with van der Waals surface area (Å²) in [6.07, 6.45) is 0. The zero-order chi connectivity index (χ0) is 11.4. The van der Waals surface area contributed by atoms with Crippen molar-refractivity contribution in [2.24, 2.45) is 0 Å². The second-order valence-electron chi connectivity index (χ2n) is 3.49. The molecule has 1 N–H and O–H groups in total. The van der Waals surface area contributed by atoms with E-state index in [1.165, 1.54) is 11.3 Å². The Kier molecular flexibility index (Phi) is 3.93. The summed E-state index contributed by atoms with van der Waals surface area (Å²) in [5.74, 6) is 0. The van der Waals surface area contributed by atoms with Crippen LogP contribution in [0.2, 0.25) is 0 Å². The van der Waals surface area contributed by atoms with Gasteiger partial charge in [0.25, 0.3) is 0 Å². The number of thiophene rings is 1. The number of rotatable bonds is 5. The molecule has 86 valence electrons. The van der Waals surface area contributed by atoms with Gasteiger partial charge in [-0.05, 0) is 17.9 Å². The van der Waals surface area contributed by atoms with Gasteiger partial charge in [0.15, 0.2) is 0 Å². The van der Waals surface area contributed by atoms with Crippen molar-refractivity contribution in [2.75, 3.05) is 12.4 Å². The van der Waals surface area contributed by atoms with Crippen LogP contribution in [0.1, 0.15) is 16.3 Å². The van der Waals surface area contributed by atoms with Crippen LogP contribution >= 0.6 is 22.7 Å². The van der Waals surface area contributed by atoms with Gasteiger partial charge in [0, 0.05) is 23.6 Å². The summed E-state index contributed by atoms with van der Waals surface area (Å²) >= 11 is 3.36. The smallest absolute Gasteiger partial charge is 0.119 e. The van der Waals surface area contributed by atoms with Crippen molar-refractivity contribution < 1.29 is 4.74 Å². The van der Waals surface area contributed by atoms with E-state index in [0.29, 0.717) is 6.61 Å². The lowest BCUT2D eigenvalue weighted by atomic mass is 10.3. The molecule has 2 heterocycles. The summed E-state index contributed by atoms with van der Waals surface area (Å²) in [5.41, 5.74) is 3.56. The number of aryl methyl sites for hydroxylation is 1. The molecule has 0 fully saturated rings. The first-order valence-corrected chi connectivity index (χ1v) is 6.80. The highest BCUT2D eigenvalue weighted by atomic mass is 32.1. The molecule has 0 aliphatic carbocycles. The van der Waals surface area contributed by atoms with Crippen LogP contribution in [-0.4, -0.2) is 12.1 Å². The van der Waals surface area contributed by atoms with Crippen LogP contribution in [0.3, 0.4) is 0 Å². The SMILES string of the molecule is COCc1nc(CNc2cscc2C)cs1. The van der Waals surface area contributed by atoms with Gasteiger partial charge in [0.1, 0.15) is 5.01 Å². The van der Waals surface area contributed by atoms with Crippen molar-refractivity contribution in [3.63, 3.8) is 0 Å². The molecular weight excluding hydrogens is 240 g/mol. The first kappa shape index (κ1) is 11.6. The predicted molar refractivity (Wildman–Crippen MR) is 69.2 cm³/mol. The number of nitrogens with one attached hydrogen (secondary N) is 1. The molecule has 0 aliphatic heterocycles. The van der Waals surface area contributed by atoms with Crippen molar-refractivity contribution in [3.8, 4) is 0 Å². The zero-order valence-corrected chi connectivity index (χ0v) is 11.0. The third-order valence-corrected chi connectivity index (χ3v) is 3.92. The zero-order valence-electron chi connectivity index (χ0n) is 9.32. The highest BCUT2D eigenvalue weighted by molar-refractivity contribution is 7.09.